The Morgan fingerprint density at radius 1 is 1.52 bits per heavy atom. The number of amides is 1. The first kappa shape index (κ1) is 18.1. The summed E-state index contributed by atoms with van der Waals surface area (Å²) in [6.45, 7) is 3.34. The predicted molar refractivity (Wildman–Crippen MR) is 87.5 cm³/mol. The van der Waals surface area contributed by atoms with Crippen molar-refractivity contribution in [2.45, 2.75) is 31.9 Å². The number of carbonyl (C=O) groups excluding carboxylic acids is 1. The maximum atomic E-state index is 12.4. The lowest BCUT2D eigenvalue weighted by atomic mass is 10.1. The Morgan fingerprint density at radius 3 is 2.95 bits per heavy atom. The molecule has 21 heavy (non-hydrogen) atoms. The van der Waals surface area contributed by atoms with Crippen LogP contribution in [0.2, 0.25) is 5.02 Å². The van der Waals surface area contributed by atoms with Crippen LogP contribution in [-0.2, 0) is 4.79 Å². The Bertz CT molecular complexity index is 471. The number of nitrogens with zero attached hydrogens (tertiary/aromatic N) is 1. The molecule has 0 saturated carbocycles. The topological polar surface area (TPSA) is 41.6 Å². The van der Waals surface area contributed by atoms with Gasteiger partial charge in [0, 0.05) is 24.2 Å². The fourth-order valence-electron chi connectivity index (χ4n) is 2.46. The van der Waals surface area contributed by atoms with Crippen LogP contribution in [-0.4, -0.2) is 43.1 Å². The van der Waals surface area contributed by atoms with Gasteiger partial charge in [0.15, 0.2) is 6.10 Å². The monoisotopic (exact) mass is 332 g/mol. The first-order valence-electron chi connectivity index (χ1n) is 6.98. The highest BCUT2D eigenvalue weighted by atomic mass is 35.5. The number of likely N-dealkylation sites (N-methyl/N-ethyl adjacent to an activating group) is 1. The van der Waals surface area contributed by atoms with Crippen LogP contribution in [0.1, 0.15) is 19.8 Å². The number of hydrogen-bond donors (Lipinski definition) is 1. The zero-order valence-electron chi connectivity index (χ0n) is 12.3. The smallest absolute Gasteiger partial charge is 0.263 e. The van der Waals surface area contributed by atoms with Gasteiger partial charge in [-0.1, -0.05) is 17.7 Å². The molecule has 0 bridgehead atoms. The fourth-order valence-corrected chi connectivity index (χ4v) is 2.65. The van der Waals surface area contributed by atoms with Crippen LogP contribution in [0, 0.1) is 0 Å². The van der Waals surface area contributed by atoms with Gasteiger partial charge in [-0.05, 0) is 45.0 Å². The second kappa shape index (κ2) is 8.47. The molecule has 0 spiro atoms. The van der Waals surface area contributed by atoms with Crippen molar-refractivity contribution in [2.75, 3.05) is 20.1 Å². The number of benzene rings is 1. The highest BCUT2D eigenvalue weighted by molar-refractivity contribution is 6.30. The van der Waals surface area contributed by atoms with E-state index in [-0.39, 0.29) is 18.3 Å². The maximum Gasteiger partial charge on any atom is 0.263 e. The summed E-state index contributed by atoms with van der Waals surface area (Å²) in [5.74, 6) is 0.658. The Kier molecular flexibility index (Phi) is 7.29. The van der Waals surface area contributed by atoms with Crippen molar-refractivity contribution in [3.63, 3.8) is 0 Å². The standard InChI is InChI=1S/C15H21ClN2O2.ClH/c1-11(20-14-7-3-5-12(16)9-14)15(19)18-8-4-6-13(10-18)17-2;/h3,5,7,9,11,13,17H,4,6,8,10H2,1-2H3;1H. The van der Waals surface area contributed by atoms with Crippen LogP contribution in [0.3, 0.4) is 0 Å². The Balaban J connectivity index is 0.00000220. The van der Waals surface area contributed by atoms with Gasteiger partial charge in [-0.2, -0.15) is 0 Å². The van der Waals surface area contributed by atoms with Crippen LogP contribution >= 0.6 is 24.0 Å². The Labute approximate surface area is 137 Å². The summed E-state index contributed by atoms with van der Waals surface area (Å²) in [5.41, 5.74) is 0. The van der Waals surface area contributed by atoms with E-state index in [0.717, 1.165) is 25.9 Å². The maximum absolute atomic E-state index is 12.4. The van der Waals surface area contributed by atoms with E-state index in [1.807, 2.05) is 24.1 Å². The Morgan fingerprint density at radius 2 is 2.29 bits per heavy atom. The quantitative estimate of drug-likeness (QED) is 0.921. The molecule has 1 fully saturated rings. The predicted octanol–water partition coefficient (Wildman–Crippen LogP) is 2.74. The van der Waals surface area contributed by atoms with Gasteiger partial charge in [0.1, 0.15) is 5.75 Å². The summed E-state index contributed by atoms with van der Waals surface area (Å²) in [6.07, 6.45) is 1.65. The van der Waals surface area contributed by atoms with Crippen molar-refractivity contribution >= 4 is 29.9 Å². The summed E-state index contributed by atoms with van der Waals surface area (Å²) < 4.78 is 5.68. The summed E-state index contributed by atoms with van der Waals surface area (Å²) in [6, 6.07) is 7.50. The van der Waals surface area contributed by atoms with Gasteiger partial charge < -0.3 is 15.0 Å². The minimum Gasteiger partial charge on any atom is -0.481 e. The third-order valence-corrected chi connectivity index (χ3v) is 3.83. The second-order valence-corrected chi connectivity index (χ2v) is 5.57. The largest absolute Gasteiger partial charge is 0.481 e. The van der Waals surface area contributed by atoms with E-state index in [1.54, 1.807) is 19.1 Å². The van der Waals surface area contributed by atoms with Crippen LogP contribution in [0.25, 0.3) is 0 Å². The lowest BCUT2D eigenvalue weighted by Gasteiger charge is -2.34. The zero-order chi connectivity index (χ0) is 14.5. The molecule has 118 valence electrons. The minimum absolute atomic E-state index is 0. The molecule has 1 N–H and O–H groups in total. The van der Waals surface area contributed by atoms with Crippen LogP contribution < -0.4 is 10.1 Å². The van der Waals surface area contributed by atoms with Crippen LogP contribution in [0.5, 0.6) is 5.75 Å². The number of piperidine rings is 1. The lowest BCUT2D eigenvalue weighted by Crippen LogP contribution is -2.50. The van der Waals surface area contributed by atoms with Crippen molar-refractivity contribution in [3.05, 3.63) is 29.3 Å². The van der Waals surface area contributed by atoms with Gasteiger partial charge in [-0.15, -0.1) is 12.4 Å². The molecule has 0 aromatic heterocycles. The molecule has 2 rings (SSSR count). The second-order valence-electron chi connectivity index (χ2n) is 5.13. The average molecular weight is 333 g/mol. The van der Waals surface area contributed by atoms with Crippen molar-refractivity contribution in [2.24, 2.45) is 0 Å². The number of likely N-dealkylation sites (tertiary alicyclic amines) is 1. The summed E-state index contributed by atoms with van der Waals surface area (Å²) in [4.78, 5) is 14.3. The van der Waals surface area contributed by atoms with Crippen molar-refractivity contribution in [1.82, 2.24) is 10.2 Å². The summed E-state index contributed by atoms with van der Waals surface area (Å²) in [7, 11) is 1.94. The van der Waals surface area contributed by atoms with E-state index < -0.39 is 6.10 Å². The minimum atomic E-state index is -0.496. The van der Waals surface area contributed by atoms with E-state index in [0.29, 0.717) is 16.8 Å². The highest BCUT2D eigenvalue weighted by Crippen LogP contribution is 2.19. The molecule has 1 aliphatic heterocycles. The number of halogens is 2. The Hall–Kier alpha value is -0.970. The number of rotatable bonds is 4. The van der Waals surface area contributed by atoms with Crippen molar-refractivity contribution < 1.29 is 9.53 Å². The number of ether oxygens (including phenoxy) is 1. The molecule has 0 aliphatic carbocycles. The van der Waals surface area contributed by atoms with E-state index in [1.165, 1.54) is 0 Å². The van der Waals surface area contributed by atoms with Gasteiger partial charge >= 0.3 is 0 Å². The molecule has 4 nitrogen and oxygen atoms in total. The lowest BCUT2D eigenvalue weighted by molar-refractivity contribution is -0.139. The van der Waals surface area contributed by atoms with Crippen molar-refractivity contribution in [3.8, 4) is 5.75 Å². The van der Waals surface area contributed by atoms with E-state index in [4.69, 9.17) is 16.3 Å². The van der Waals surface area contributed by atoms with E-state index in [9.17, 15) is 4.79 Å². The molecule has 6 heteroatoms. The number of nitrogens with one attached hydrogen (secondary N) is 1. The van der Waals surface area contributed by atoms with Gasteiger partial charge in [-0.25, -0.2) is 0 Å². The highest BCUT2D eigenvalue weighted by Gasteiger charge is 2.27. The molecule has 2 unspecified atom stereocenters. The summed E-state index contributed by atoms with van der Waals surface area (Å²) >= 11 is 5.91. The first-order chi connectivity index (χ1) is 9.60. The van der Waals surface area contributed by atoms with Crippen LogP contribution in [0.4, 0.5) is 0 Å². The molecule has 0 radical (unpaired) electrons. The van der Waals surface area contributed by atoms with E-state index >= 15 is 0 Å². The molecule has 1 amide bonds. The molecule has 1 aromatic rings. The molecule has 1 aromatic carbocycles. The average Bonchev–Trinajstić information content (AvgIpc) is 2.46. The molecule has 1 saturated heterocycles. The normalized spacial score (nSPS) is 19.6. The fraction of sp³-hybridized carbons (Fsp3) is 0.533. The molecule has 1 heterocycles. The summed E-state index contributed by atoms with van der Waals surface area (Å²) in [5, 5.41) is 3.84. The van der Waals surface area contributed by atoms with Crippen molar-refractivity contribution in [1.29, 1.82) is 0 Å². The SMILES string of the molecule is CNC1CCCN(C(=O)C(C)Oc2cccc(Cl)c2)C1.Cl. The first-order valence-corrected chi connectivity index (χ1v) is 7.36. The van der Waals surface area contributed by atoms with Crippen LogP contribution in [0.15, 0.2) is 24.3 Å². The van der Waals surface area contributed by atoms with E-state index in [2.05, 4.69) is 5.32 Å². The third-order valence-electron chi connectivity index (χ3n) is 3.60. The number of carbonyl (C=O) groups is 1. The van der Waals surface area contributed by atoms with Gasteiger partial charge in [0.05, 0.1) is 0 Å². The number of hydrogen-bond acceptors (Lipinski definition) is 3. The van der Waals surface area contributed by atoms with Gasteiger partial charge in [0.2, 0.25) is 0 Å². The van der Waals surface area contributed by atoms with Gasteiger partial charge in [0.25, 0.3) is 5.91 Å². The third kappa shape index (κ3) is 5.06. The molecule has 1 aliphatic rings. The molecular formula is C15H22Cl2N2O2. The zero-order valence-corrected chi connectivity index (χ0v) is 13.9. The molecular weight excluding hydrogens is 311 g/mol. The molecule has 2 atom stereocenters. The van der Waals surface area contributed by atoms with Gasteiger partial charge in [-0.3, -0.25) is 4.79 Å².